The van der Waals surface area contributed by atoms with Crippen molar-refractivity contribution < 1.29 is 9.47 Å². The third kappa shape index (κ3) is 64.4. The molecule has 0 aromatic heterocycles. The fourth-order valence-corrected chi connectivity index (χ4v) is 0.687. The van der Waals surface area contributed by atoms with Gasteiger partial charge in [0, 0.05) is 26.9 Å². The lowest BCUT2D eigenvalue weighted by Gasteiger charge is -2.01. The Hall–Kier alpha value is -0.0800. The zero-order chi connectivity index (χ0) is 14.3. The van der Waals surface area contributed by atoms with E-state index >= 15 is 0 Å². The van der Waals surface area contributed by atoms with Crippen molar-refractivity contribution in [2.75, 3.05) is 26.9 Å². The molecule has 0 radical (unpaired) electrons. The van der Waals surface area contributed by atoms with E-state index in [9.17, 15) is 0 Å². The van der Waals surface area contributed by atoms with Gasteiger partial charge in [0.2, 0.25) is 0 Å². The first-order valence-electron chi connectivity index (χ1n) is 6.84. The van der Waals surface area contributed by atoms with Gasteiger partial charge in [0.05, 0.1) is 0 Å². The standard InChI is InChI=1S/C6H14O.C5H12O.C4H10/c1-4-7-5-6(2)3;1-5(2)4-6-3;1-4(2)3/h6H,4-5H2,1-3H3;5H,4H2,1-3H3;4H,1-3H3. The number of methoxy groups -OCH3 is 1. The Balaban J connectivity index is -0.000000180. The lowest BCUT2D eigenvalue weighted by molar-refractivity contribution is 0.122. The summed E-state index contributed by atoms with van der Waals surface area (Å²) < 4.78 is 9.90. The van der Waals surface area contributed by atoms with Crippen LogP contribution in [0.1, 0.15) is 55.4 Å². The summed E-state index contributed by atoms with van der Waals surface area (Å²) in [6, 6.07) is 0. The van der Waals surface area contributed by atoms with Gasteiger partial charge in [0.1, 0.15) is 0 Å². The van der Waals surface area contributed by atoms with Gasteiger partial charge in [-0.2, -0.15) is 0 Å². The largest absolute Gasteiger partial charge is 0.384 e. The third-order valence-electron chi connectivity index (χ3n) is 1.16. The Kier molecular flexibility index (Phi) is 23.8. The highest BCUT2D eigenvalue weighted by molar-refractivity contribution is 4.36. The molecule has 0 aromatic rings. The van der Waals surface area contributed by atoms with E-state index in [4.69, 9.17) is 9.47 Å². The average molecular weight is 248 g/mol. The highest BCUT2D eigenvalue weighted by Crippen LogP contribution is 1.90. The third-order valence-corrected chi connectivity index (χ3v) is 1.16. The van der Waals surface area contributed by atoms with E-state index in [2.05, 4.69) is 48.5 Å². The van der Waals surface area contributed by atoms with Crippen LogP contribution in [0.3, 0.4) is 0 Å². The van der Waals surface area contributed by atoms with Crippen molar-refractivity contribution in [1.29, 1.82) is 0 Å². The normalized spacial score (nSPS) is 9.88. The number of ether oxygens (including phenoxy) is 2. The molecule has 0 aliphatic carbocycles. The molecular formula is C15H36O2. The minimum Gasteiger partial charge on any atom is -0.384 e. The molecule has 0 bridgehead atoms. The first-order chi connectivity index (χ1) is 7.77. The molecular weight excluding hydrogens is 212 g/mol. The quantitative estimate of drug-likeness (QED) is 0.706. The molecule has 0 amide bonds. The van der Waals surface area contributed by atoms with Gasteiger partial charge in [0.15, 0.2) is 0 Å². The maximum atomic E-state index is 5.09. The van der Waals surface area contributed by atoms with Crippen LogP contribution >= 0.6 is 0 Å². The SMILES string of the molecule is CC(C)C.CCOCC(C)C.COCC(C)C. The van der Waals surface area contributed by atoms with Crippen LogP contribution in [0.5, 0.6) is 0 Å². The van der Waals surface area contributed by atoms with Gasteiger partial charge in [-0.25, -0.2) is 0 Å². The molecule has 108 valence electrons. The molecule has 0 heterocycles. The summed E-state index contributed by atoms with van der Waals surface area (Å²) in [7, 11) is 1.72. The van der Waals surface area contributed by atoms with Crippen molar-refractivity contribution in [3.63, 3.8) is 0 Å². The predicted octanol–water partition coefficient (Wildman–Crippen LogP) is 4.63. The molecule has 2 nitrogen and oxygen atoms in total. The fraction of sp³-hybridized carbons (Fsp3) is 1.00. The molecule has 0 rings (SSSR count). The summed E-state index contributed by atoms with van der Waals surface area (Å²) in [6.07, 6.45) is 0. The second kappa shape index (κ2) is 18.3. The summed E-state index contributed by atoms with van der Waals surface area (Å²) in [5.41, 5.74) is 0. The van der Waals surface area contributed by atoms with Crippen molar-refractivity contribution in [3.05, 3.63) is 0 Å². The van der Waals surface area contributed by atoms with Crippen LogP contribution in [0, 0.1) is 17.8 Å². The van der Waals surface area contributed by atoms with Crippen molar-refractivity contribution in [2.24, 2.45) is 17.8 Å². The average Bonchev–Trinajstić information content (AvgIpc) is 2.14. The molecule has 0 saturated heterocycles. The summed E-state index contributed by atoms with van der Waals surface area (Å²) in [6.45, 7) is 19.7. The zero-order valence-corrected chi connectivity index (χ0v) is 13.7. The van der Waals surface area contributed by atoms with Gasteiger partial charge in [-0.3, -0.25) is 0 Å². The summed E-state index contributed by atoms with van der Waals surface area (Å²) in [4.78, 5) is 0. The van der Waals surface area contributed by atoms with Crippen molar-refractivity contribution in [1.82, 2.24) is 0 Å². The summed E-state index contributed by atoms with van der Waals surface area (Å²) >= 11 is 0. The number of hydrogen-bond donors (Lipinski definition) is 0. The van der Waals surface area contributed by atoms with Crippen LogP contribution in [0.2, 0.25) is 0 Å². The second-order valence-corrected chi connectivity index (χ2v) is 5.63. The van der Waals surface area contributed by atoms with E-state index in [0.29, 0.717) is 11.8 Å². The first kappa shape index (κ1) is 22.1. The molecule has 2 heteroatoms. The molecule has 0 saturated carbocycles. The van der Waals surface area contributed by atoms with Gasteiger partial charge in [0.25, 0.3) is 0 Å². The zero-order valence-electron chi connectivity index (χ0n) is 13.7. The Labute approximate surface area is 110 Å². The van der Waals surface area contributed by atoms with E-state index in [1.165, 1.54) is 0 Å². The molecule has 17 heavy (non-hydrogen) atoms. The summed E-state index contributed by atoms with van der Waals surface area (Å²) in [5, 5.41) is 0. The van der Waals surface area contributed by atoms with E-state index in [1.54, 1.807) is 7.11 Å². The molecule has 0 atom stereocenters. The van der Waals surface area contributed by atoms with Crippen LogP contribution in [0.25, 0.3) is 0 Å². The Morgan fingerprint density at radius 2 is 1.12 bits per heavy atom. The van der Waals surface area contributed by atoms with Gasteiger partial charge in [-0.15, -0.1) is 0 Å². The highest BCUT2D eigenvalue weighted by Gasteiger charge is 1.88. The van der Waals surface area contributed by atoms with Crippen molar-refractivity contribution in [2.45, 2.75) is 55.4 Å². The molecule has 0 aliphatic rings. The van der Waals surface area contributed by atoms with E-state index in [1.807, 2.05) is 6.92 Å². The van der Waals surface area contributed by atoms with Crippen LogP contribution in [0.4, 0.5) is 0 Å². The van der Waals surface area contributed by atoms with E-state index in [0.717, 1.165) is 25.7 Å². The minimum absolute atomic E-state index is 0.676. The van der Waals surface area contributed by atoms with Crippen LogP contribution in [-0.2, 0) is 9.47 Å². The first-order valence-corrected chi connectivity index (χ1v) is 6.84. The van der Waals surface area contributed by atoms with Crippen molar-refractivity contribution >= 4 is 0 Å². The lowest BCUT2D eigenvalue weighted by atomic mass is 10.2. The summed E-state index contributed by atoms with van der Waals surface area (Å²) in [5.74, 6) is 2.19. The number of rotatable bonds is 5. The van der Waals surface area contributed by atoms with Crippen LogP contribution in [-0.4, -0.2) is 26.9 Å². The highest BCUT2D eigenvalue weighted by atomic mass is 16.5. The van der Waals surface area contributed by atoms with Crippen molar-refractivity contribution in [3.8, 4) is 0 Å². The van der Waals surface area contributed by atoms with E-state index < -0.39 is 0 Å². The maximum absolute atomic E-state index is 5.09. The van der Waals surface area contributed by atoms with E-state index in [-0.39, 0.29) is 0 Å². The van der Waals surface area contributed by atoms with Crippen LogP contribution < -0.4 is 0 Å². The monoisotopic (exact) mass is 248 g/mol. The molecule has 0 N–H and O–H groups in total. The number of hydrogen-bond acceptors (Lipinski definition) is 2. The molecule has 0 unspecified atom stereocenters. The predicted molar refractivity (Wildman–Crippen MR) is 78.6 cm³/mol. The van der Waals surface area contributed by atoms with Gasteiger partial charge in [-0.05, 0) is 24.7 Å². The van der Waals surface area contributed by atoms with Gasteiger partial charge >= 0.3 is 0 Å². The molecule has 0 fully saturated rings. The Morgan fingerprint density at radius 3 is 1.18 bits per heavy atom. The maximum Gasteiger partial charge on any atom is 0.0488 e. The molecule has 0 aromatic carbocycles. The fourth-order valence-electron chi connectivity index (χ4n) is 0.687. The molecule has 0 spiro atoms. The van der Waals surface area contributed by atoms with Crippen LogP contribution in [0.15, 0.2) is 0 Å². The topological polar surface area (TPSA) is 18.5 Å². The second-order valence-electron chi connectivity index (χ2n) is 5.63. The Morgan fingerprint density at radius 1 is 0.765 bits per heavy atom. The Bertz CT molecular complexity index is 107. The van der Waals surface area contributed by atoms with Gasteiger partial charge < -0.3 is 9.47 Å². The lowest BCUT2D eigenvalue weighted by Crippen LogP contribution is -2.00. The minimum atomic E-state index is 0.676. The van der Waals surface area contributed by atoms with Gasteiger partial charge in [-0.1, -0.05) is 48.5 Å². The molecule has 0 aliphatic heterocycles. The smallest absolute Gasteiger partial charge is 0.0488 e.